The largest absolute Gasteiger partial charge is 0.495 e. The number of ether oxygens (including phenoxy) is 1. The van der Waals surface area contributed by atoms with Gasteiger partial charge in [-0.2, -0.15) is 0 Å². The van der Waals surface area contributed by atoms with Gasteiger partial charge in [0, 0.05) is 34.3 Å². The highest BCUT2D eigenvalue weighted by molar-refractivity contribution is 6.31. The first-order chi connectivity index (χ1) is 19.5. The number of amides is 1. The molecule has 1 heterocycles. The lowest BCUT2D eigenvalue weighted by molar-refractivity contribution is -0.119. The molecule has 4 rings (SSSR count). The van der Waals surface area contributed by atoms with E-state index < -0.39 is 29.3 Å². The number of rotatable bonds is 9. The van der Waals surface area contributed by atoms with E-state index in [9.17, 15) is 23.6 Å². The highest BCUT2D eigenvalue weighted by Gasteiger charge is 2.26. The quantitative estimate of drug-likeness (QED) is 0.238. The number of Topliss-reactive ketones (excluding diaryl/α,β-unsaturated/α-hetero) is 1. The molecule has 210 valence electrons. The summed E-state index contributed by atoms with van der Waals surface area (Å²) in [7, 11) is 1.39. The minimum Gasteiger partial charge on any atom is -0.495 e. The van der Waals surface area contributed by atoms with E-state index in [1.807, 2.05) is 0 Å². The highest BCUT2D eigenvalue weighted by atomic mass is 35.5. The molecule has 0 saturated heterocycles. The summed E-state index contributed by atoms with van der Waals surface area (Å²) in [5.41, 5.74) is 2.04. The number of hydrogen-bond donors (Lipinski definition) is 2. The van der Waals surface area contributed by atoms with Crippen LogP contribution < -0.4 is 15.6 Å². The molecule has 0 radical (unpaired) electrons. The molecule has 1 atom stereocenters. The van der Waals surface area contributed by atoms with Crippen LogP contribution in [0, 0.1) is 12.7 Å². The smallest absolute Gasteiger partial charge is 0.335 e. The zero-order valence-corrected chi connectivity index (χ0v) is 23.2. The number of benzene rings is 3. The van der Waals surface area contributed by atoms with E-state index >= 15 is 0 Å². The van der Waals surface area contributed by atoms with Crippen LogP contribution in [0.15, 0.2) is 77.7 Å². The summed E-state index contributed by atoms with van der Waals surface area (Å²) in [6.45, 7) is 3.16. The minimum atomic E-state index is -1.16. The summed E-state index contributed by atoms with van der Waals surface area (Å²) in [4.78, 5) is 50.7. The van der Waals surface area contributed by atoms with E-state index in [0.717, 1.165) is 5.56 Å². The van der Waals surface area contributed by atoms with Gasteiger partial charge in [0.25, 0.3) is 5.56 Å². The van der Waals surface area contributed by atoms with Crippen LogP contribution in [-0.4, -0.2) is 34.4 Å². The summed E-state index contributed by atoms with van der Waals surface area (Å²) < 4.78 is 20.9. The van der Waals surface area contributed by atoms with Gasteiger partial charge >= 0.3 is 5.97 Å². The normalized spacial score (nSPS) is 11.5. The minimum absolute atomic E-state index is 0.0393. The Morgan fingerprint density at radius 1 is 1.02 bits per heavy atom. The van der Waals surface area contributed by atoms with E-state index in [1.165, 1.54) is 67.3 Å². The predicted octanol–water partition coefficient (Wildman–Crippen LogP) is 5.95. The molecule has 0 aliphatic rings. The molecule has 10 heteroatoms. The summed E-state index contributed by atoms with van der Waals surface area (Å²) in [6.07, 6.45) is 1.33. The topological polar surface area (TPSA) is 115 Å². The van der Waals surface area contributed by atoms with Crippen LogP contribution in [0.2, 0.25) is 5.02 Å². The second-order valence-electron chi connectivity index (χ2n) is 9.41. The summed E-state index contributed by atoms with van der Waals surface area (Å²) in [6, 6.07) is 14.5. The predicted molar refractivity (Wildman–Crippen MR) is 154 cm³/mol. The monoisotopic (exact) mass is 576 g/mol. The van der Waals surface area contributed by atoms with Crippen LogP contribution in [0.4, 0.5) is 10.1 Å². The fraction of sp³-hybridized carbons (Fsp3) is 0.161. The molecule has 1 amide bonds. The Hall–Kier alpha value is -4.76. The number of nitrogens with one attached hydrogen (secondary N) is 1. The third kappa shape index (κ3) is 6.53. The molecule has 2 N–H and O–H groups in total. The number of ketones is 1. The first kappa shape index (κ1) is 29.2. The fourth-order valence-corrected chi connectivity index (χ4v) is 4.67. The molecule has 8 nitrogen and oxygen atoms in total. The van der Waals surface area contributed by atoms with Gasteiger partial charge in [-0.05, 0) is 85.1 Å². The molecule has 0 saturated carbocycles. The Morgan fingerprint density at radius 3 is 2.37 bits per heavy atom. The van der Waals surface area contributed by atoms with Crippen molar-refractivity contribution in [3.05, 3.63) is 116 Å². The highest BCUT2D eigenvalue weighted by Crippen LogP contribution is 2.34. The average Bonchev–Trinajstić information content (AvgIpc) is 2.93. The lowest BCUT2D eigenvalue weighted by Crippen LogP contribution is -2.34. The van der Waals surface area contributed by atoms with E-state index in [4.69, 9.17) is 21.4 Å². The van der Waals surface area contributed by atoms with Gasteiger partial charge in [-0.1, -0.05) is 17.7 Å². The number of carbonyl (C=O) groups excluding carboxylic acids is 2. The number of nitrogens with zero attached hydrogens (tertiary/aromatic N) is 1. The molecule has 1 unspecified atom stereocenters. The molecule has 41 heavy (non-hydrogen) atoms. The van der Waals surface area contributed by atoms with Gasteiger partial charge in [0.2, 0.25) is 5.91 Å². The molecule has 3 aromatic carbocycles. The van der Waals surface area contributed by atoms with Gasteiger partial charge in [-0.25, -0.2) is 9.18 Å². The lowest BCUT2D eigenvalue weighted by Gasteiger charge is -2.22. The second kappa shape index (κ2) is 12.2. The molecule has 4 aromatic rings. The third-order valence-corrected chi connectivity index (χ3v) is 6.91. The van der Waals surface area contributed by atoms with Crippen LogP contribution >= 0.6 is 11.6 Å². The van der Waals surface area contributed by atoms with E-state index in [0.29, 0.717) is 33.0 Å². The molecular formula is C31H26ClFN2O6. The number of carboxylic acid groups (broad SMARTS) is 1. The second-order valence-corrected chi connectivity index (χ2v) is 9.85. The van der Waals surface area contributed by atoms with Gasteiger partial charge in [0.1, 0.15) is 17.6 Å². The number of carboxylic acids is 1. The maximum absolute atomic E-state index is 14.1. The third-order valence-electron chi connectivity index (χ3n) is 6.68. The zero-order chi connectivity index (χ0) is 29.8. The molecule has 0 fully saturated rings. The Balaban J connectivity index is 1.83. The van der Waals surface area contributed by atoms with E-state index in [1.54, 1.807) is 31.2 Å². The van der Waals surface area contributed by atoms with Crippen LogP contribution in [0.1, 0.15) is 44.8 Å². The van der Waals surface area contributed by atoms with Crippen molar-refractivity contribution >= 4 is 34.9 Å². The number of halogens is 2. The van der Waals surface area contributed by atoms with Crippen LogP contribution in [-0.2, 0) is 11.2 Å². The Labute approximate surface area is 240 Å². The van der Waals surface area contributed by atoms with Crippen molar-refractivity contribution < 1.29 is 28.6 Å². The van der Waals surface area contributed by atoms with Crippen LogP contribution in [0.5, 0.6) is 5.75 Å². The lowest BCUT2D eigenvalue weighted by atomic mass is 9.96. The van der Waals surface area contributed by atoms with E-state index in [-0.39, 0.29) is 23.5 Å². The molecular weight excluding hydrogens is 551 g/mol. The maximum atomic E-state index is 14.1. The number of hydrogen-bond acceptors (Lipinski definition) is 5. The van der Waals surface area contributed by atoms with Gasteiger partial charge < -0.3 is 15.2 Å². The number of aromatic carboxylic acids is 1. The number of methoxy groups -OCH3 is 1. The van der Waals surface area contributed by atoms with Gasteiger partial charge in [-0.3, -0.25) is 19.0 Å². The van der Waals surface area contributed by atoms with Gasteiger partial charge in [-0.15, -0.1) is 0 Å². The van der Waals surface area contributed by atoms with Gasteiger partial charge in [0.15, 0.2) is 5.78 Å². The Bertz CT molecular complexity index is 1720. The fourth-order valence-electron chi connectivity index (χ4n) is 4.50. The van der Waals surface area contributed by atoms with Gasteiger partial charge in [0.05, 0.1) is 18.9 Å². The summed E-state index contributed by atoms with van der Waals surface area (Å²) >= 11 is 6.20. The van der Waals surface area contributed by atoms with Crippen LogP contribution in [0.25, 0.3) is 11.1 Å². The molecule has 1 aromatic heterocycles. The standard InChI is InChI=1S/C31H26ClFN2O6/c1-17-4-8-22(33)12-20(17)13-27(30(38)34-23-9-5-19(6-10-23)31(39)40)35-16-28(41-3)26(15-29(35)37)25-14-21(32)7-11-24(25)18(2)36/h4-12,14-16,27H,13H2,1-3H3,(H,34,38)(H,39,40). The molecule has 0 bridgehead atoms. The van der Waals surface area contributed by atoms with Crippen molar-refractivity contribution in [3.63, 3.8) is 0 Å². The van der Waals surface area contributed by atoms with Crippen molar-refractivity contribution in [3.8, 4) is 16.9 Å². The van der Waals surface area contributed by atoms with Crippen LogP contribution in [0.3, 0.4) is 0 Å². The SMILES string of the molecule is COc1cn(C(Cc2cc(F)ccc2C)C(=O)Nc2ccc(C(=O)O)cc2)c(=O)cc1-c1cc(Cl)ccc1C(C)=O. The van der Waals surface area contributed by atoms with Crippen molar-refractivity contribution in [1.29, 1.82) is 0 Å². The van der Waals surface area contributed by atoms with Crippen molar-refractivity contribution in [2.45, 2.75) is 26.3 Å². The summed E-state index contributed by atoms with van der Waals surface area (Å²) in [5, 5.41) is 12.2. The Morgan fingerprint density at radius 2 is 1.73 bits per heavy atom. The van der Waals surface area contributed by atoms with Crippen molar-refractivity contribution in [2.75, 3.05) is 12.4 Å². The average molecular weight is 577 g/mol. The Kier molecular flexibility index (Phi) is 8.68. The van der Waals surface area contributed by atoms with Crippen molar-refractivity contribution in [2.24, 2.45) is 0 Å². The molecule has 0 aliphatic heterocycles. The van der Waals surface area contributed by atoms with Crippen molar-refractivity contribution in [1.82, 2.24) is 4.57 Å². The molecule has 0 spiro atoms. The summed E-state index contributed by atoms with van der Waals surface area (Å²) in [5.74, 6) is -2.24. The number of aryl methyl sites for hydroxylation is 1. The first-order valence-corrected chi connectivity index (χ1v) is 12.9. The zero-order valence-electron chi connectivity index (χ0n) is 22.4. The number of pyridine rings is 1. The number of aromatic nitrogens is 1. The number of carbonyl (C=O) groups is 3. The first-order valence-electron chi connectivity index (χ1n) is 12.5. The maximum Gasteiger partial charge on any atom is 0.335 e. The molecule has 0 aliphatic carbocycles. The number of anilines is 1. The van der Waals surface area contributed by atoms with E-state index in [2.05, 4.69) is 5.32 Å².